The molecule has 0 aliphatic carbocycles. The molecule has 8 heavy (non-hydrogen) atoms. The maximum Gasteiger partial charge on any atom is 0.320 e. The zero-order valence-corrected chi connectivity index (χ0v) is 5.70. The van der Waals surface area contributed by atoms with Gasteiger partial charge in [0.1, 0.15) is 10.7 Å². The molecule has 0 spiro atoms. The molecule has 2 atom stereocenters. The third kappa shape index (κ3) is 0.968. The van der Waals surface area contributed by atoms with E-state index in [1.54, 1.807) is 11.8 Å². The maximum atomic E-state index is 10.5. The average Bonchev–Trinajstić information content (AvgIpc) is 1.85. The summed E-state index contributed by atoms with van der Waals surface area (Å²) in [6.07, 6.45) is 0. The first kappa shape index (κ1) is 5.95. The zero-order chi connectivity index (χ0) is 6.15. The van der Waals surface area contributed by atoms with Crippen LogP contribution >= 0.6 is 11.8 Å². The van der Waals surface area contributed by atoms with Gasteiger partial charge in [-0.3, -0.25) is 4.79 Å². The van der Waals surface area contributed by atoms with Crippen LogP contribution in [0.25, 0.3) is 0 Å². The highest BCUT2D eigenvalue weighted by atomic mass is 32.2. The lowest BCUT2D eigenvalue weighted by Gasteiger charge is -1.94. The van der Waals surface area contributed by atoms with Gasteiger partial charge in [0.2, 0.25) is 0 Å². The number of thioether (sulfide) groups is 1. The van der Waals surface area contributed by atoms with E-state index >= 15 is 0 Å². The van der Waals surface area contributed by atoms with Crippen LogP contribution in [0.3, 0.4) is 0 Å². The van der Waals surface area contributed by atoms with Gasteiger partial charge in [-0.1, -0.05) is 0 Å². The van der Waals surface area contributed by atoms with Gasteiger partial charge in [-0.05, 0) is 13.8 Å². The fourth-order valence-electron chi connectivity index (χ4n) is 0.630. The van der Waals surface area contributed by atoms with E-state index in [1.165, 1.54) is 0 Å². The number of carbonyl (C=O) groups is 1. The van der Waals surface area contributed by atoms with Crippen LogP contribution in [-0.4, -0.2) is 16.7 Å². The van der Waals surface area contributed by atoms with Crippen molar-refractivity contribution in [2.45, 2.75) is 24.5 Å². The summed E-state index contributed by atoms with van der Waals surface area (Å²) in [5, 5.41) is 0.0463. The van der Waals surface area contributed by atoms with Gasteiger partial charge in [0.05, 0.1) is 0 Å². The number of hydrogen-bond donors (Lipinski definition) is 0. The highest BCUT2D eigenvalue weighted by Gasteiger charge is 2.27. The van der Waals surface area contributed by atoms with Crippen molar-refractivity contribution < 1.29 is 9.53 Å². The van der Waals surface area contributed by atoms with Gasteiger partial charge in [-0.2, -0.15) is 0 Å². The van der Waals surface area contributed by atoms with Crippen molar-refractivity contribution in [1.29, 1.82) is 0 Å². The van der Waals surface area contributed by atoms with Crippen LogP contribution in [0.4, 0.5) is 0 Å². The van der Waals surface area contributed by atoms with E-state index in [0.29, 0.717) is 0 Å². The normalized spacial score (nSPS) is 37.5. The molecule has 0 aromatic rings. The first-order valence-corrected chi connectivity index (χ1v) is 3.50. The van der Waals surface area contributed by atoms with E-state index < -0.39 is 0 Å². The molecule has 1 saturated heterocycles. The lowest BCUT2D eigenvalue weighted by molar-refractivity contribution is -0.141. The number of carbonyl (C=O) groups excluding carboxylic acids is 1. The van der Waals surface area contributed by atoms with Crippen LogP contribution in [0.15, 0.2) is 0 Å². The van der Waals surface area contributed by atoms with Crippen LogP contribution in [-0.2, 0) is 9.53 Å². The fourth-order valence-corrected chi connectivity index (χ4v) is 1.52. The minimum absolute atomic E-state index is 0.0463. The second-order valence-corrected chi connectivity index (χ2v) is 3.43. The van der Waals surface area contributed by atoms with Gasteiger partial charge in [-0.25, -0.2) is 0 Å². The van der Waals surface area contributed by atoms with Gasteiger partial charge >= 0.3 is 5.97 Å². The van der Waals surface area contributed by atoms with E-state index in [4.69, 9.17) is 4.74 Å². The Balaban J connectivity index is 2.51. The third-order valence-electron chi connectivity index (χ3n) is 1.01. The van der Waals surface area contributed by atoms with E-state index in [1.807, 2.05) is 13.8 Å². The summed E-state index contributed by atoms with van der Waals surface area (Å²) in [6, 6.07) is 0. The Hall–Kier alpha value is -0.180. The minimum atomic E-state index is -0.0810. The highest BCUT2D eigenvalue weighted by Crippen LogP contribution is 2.26. The summed E-state index contributed by atoms with van der Waals surface area (Å²) < 4.78 is 4.80. The molecular formula is C5H8O2S. The second-order valence-electron chi connectivity index (χ2n) is 1.78. The lowest BCUT2D eigenvalue weighted by atomic mass is 10.5. The maximum absolute atomic E-state index is 10.5. The van der Waals surface area contributed by atoms with Gasteiger partial charge in [0, 0.05) is 0 Å². The molecule has 1 heterocycles. The van der Waals surface area contributed by atoms with Gasteiger partial charge in [0.25, 0.3) is 0 Å². The molecule has 46 valence electrons. The van der Waals surface area contributed by atoms with Crippen molar-refractivity contribution in [3.63, 3.8) is 0 Å². The van der Waals surface area contributed by atoms with Gasteiger partial charge in [0.15, 0.2) is 0 Å². The molecule has 2 nitrogen and oxygen atoms in total. The summed E-state index contributed by atoms with van der Waals surface area (Å²) in [5.74, 6) is -0.0810. The Morgan fingerprint density at radius 3 is 2.38 bits per heavy atom. The minimum Gasteiger partial charge on any atom is -0.451 e. The molecule has 0 unspecified atom stereocenters. The molecule has 0 N–H and O–H groups in total. The van der Waals surface area contributed by atoms with Gasteiger partial charge < -0.3 is 4.74 Å². The SMILES string of the molecule is C[C@@H]1S[C@@H](C)OC1=O. The third-order valence-corrected chi connectivity index (χ3v) is 2.09. The largest absolute Gasteiger partial charge is 0.451 e. The second kappa shape index (κ2) is 1.97. The van der Waals surface area contributed by atoms with Gasteiger partial charge in [-0.15, -0.1) is 11.8 Å². The molecule has 0 radical (unpaired) electrons. The van der Waals surface area contributed by atoms with Crippen LogP contribution in [0.2, 0.25) is 0 Å². The summed E-state index contributed by atoms with van der Waals surface area (Å²) in [6.45, 7) is 3.74. The topological polar surface area (TPSA) is 26.3 Å². The monoisotopic (exact) mass is 132 g/mol. The van der Waals surface area contributed by atoms with E-state index in [2.05, 4.69) is 0 Å². The molecular weight excluding hydrogens is 124 g/mol. The molecule has 0 amide bonds. The van der Waals surface area contributed by atoms with Crippen LogP contribution in [0, 0.1) is 0 Å². The first-order valence-electron chi connectivity index (χ1n) is 2.56. The molecule has 1 aliphatic rings. The van der Waals surface area contributed by atoms with E-state index in [-0.39, 0.29) is 16.7 Å². The molecule has 1 rings (SSSR count). The van der Waals surface area contributed by atoms with Crippen molar-refractivity contribution in [3.8, 4) is 0 Å². The quantitative estimate of drug-likeness (QED) is 0.460. The fraction of sp³-hybridized carbons (Fsp3) is 0.800. The Bertz CT molecular complexity index is 113. The summed E-state index contributed by atoms with van der Waals surface area (Å²) >= 11 is 1.56. The Labute approximate surface area is 52.6 Å². The standard InChI is InChI=1S/C5H8O2S/c1-3-5(6)7-4(2)8-3/h3-4H,1-2H3/t3-,4-/m0/s1. The smallest absolute Gasteiger partial charge is 0.320 e. The Kier molecular flexibility index (Phi) is 1.47. The number of ether oxygens (including phenoxy) is 1. The number of cyclic esters (lactones) is 1. The Morgan fingerprint density at radius 2 is 2.25 bits per heavy atom. The highest BCUT2D eigenvalue weighted by molar-refractivity contribution is 8.01. The van der Waals surface area contributed by atoms with Crippen LogP contribution in [0.5, 0.6) is 0 Å². The molecule has 0 aromatic heterocycles. The molecule has 1 fully saturated rings. The summed E-state index contributed by atoms with van der Waals surface area (Å²) in [7, 11) is 0. The number of esters is 1. The predicted molar refractivity (Wildman–Crippen MR) is 32.6 cm³/mol. The van der Waals surface area contributed by atoms with Crippen molar-refractivity contribution in [1.82, 2.24) is 0 Å². The van der Waals surface area contributed by atoms with Crippen LogP contribution < -0.4 is 0 Å². The summed E-state index contributed by atoms with van der Waals surface area (Å²) in [5.41, 5.74) is 0.0671. The lowest BCUT2D eigenvalue weighted by Crippen LogP contribution is -2.06. The number of hydrogen-bond acceptors (Lipinski definition) is 3. The molecule has 0 aromatic carbocycles. The average molecular weight is 132 g/mol. The van der Waals surface area contributed by atoms with E-state index in [9.17, 15) is 4.79 Å². The van der Waals surface area contributed by atoms with Crippen molar-refractivity contribution in [2.75, 3.05) is 0 Å². The Morgan fingerprint density at radius 1 is 1.62 bits per heavy atom. The summed E-state index contributed by atoms with van der Waals surface area (Å²) in [4.78, 5) is 10.5. The molecule has 1 aliphatic heterocycles. The number of rotatable bonds is 0. The predicted octanol–water partition coefficient (Wildman–Crippen LogP) is 1.01. The van der Waals surface area contributed by atoms with Crippen molar-refractivity contribution in [3.05, 3.63) is 0 Å². The van der Waals surface area contributed by atoms with E-state index in [0.717, 1.165) is 0 Å². The van der Waals surface area contributed by atoms with Crippen molar-refractivity contribution >= 4 is 17.7 Å². The molecule has 0 bridgehead atoms. The van der Waals surface area contributed by atoms with Crippen molar-refractivity contribution in [2.24, 2.45) is 0 Å². The van der Waals surface area contributed by atoms with Crippen LogP contribution in [0.1, 0.15) is 13.8 Å². The zero-order valence-electron chi connectivity index (χ0n) is 4.88. The molecule has 3 heteroatoms. The molecule has 0 saturated carbocycles. The first-order chi connectivity index (χ1) is 3.70.